The second-order valence-electron chi connectivity index (χ2n) is 6.06. The minimum absolute atomic E-state index is 0.0522. The molecule has 1 amide bonds. The SMILES string of the molecule is O=C(C=Cc1ccc(OCc2ccc(F)cc2)nc1)N1CCCCC1. The van der Waals surface area contributed by atoms with Gasteiger partial charge < -0.3 is 9.64 Å². The highest BCUT2D eigenvalue weighted by atomic mass is 19.1. The van der Waals surface area contributed by atoms with Crippen molar-refractivity contribution in [2.45, 2.75) is 25.9 Å². The molecule has 2 heterocycles. The Morgan fingerprint density at radius 2 is 1.88 bits per heavy atom. The number of pyridine rings is 1. The first kappa shape index (κ1) is 17.1. The molecule has 0 spiro atoms. The summed E-state index contributed by atoms with van der Waals surface area (Å²) in [6.45, 7) is 2.02. The standard InChI is InChI=1S/C20H21FN2O2/c21-18-8-4-17(5-9-18)15-25-19-10-6-16(14-22-19)7-11-20(24)23-12-2-1-3-13-23/h4-11,14H,1-3,12-13,15H2. The molecule has 1 aromatic heterocycles. The quantitative estimate of drug-likeness (QED) is 0.777. The van der Waals surface area contributed by atoms with Crippen LogP contribution in [-0.4, -0.2) is 28.9 Å². The van der Waals surface area contributed by atoms with Crippen LogP contribution in [0, 0.1) is 5.82 Å². The zero-order chi connectivity index (χ0) is 17.5. The average molecular weight is 340 g/mol. The number of hydrogen-bond donors (Lipinski definition) is 0. The van der Waals surface area contributed by atoms with Gasteiger partial charge in [0.15, 0.2) is 0 Å². The van der Waals surface area contributed by atoms with Crippen LogP contribution in [0.3, 0.4) is 0 Å². The van der Waals surface area contributed by atoms with Gasteiger partial charge in [0.1, 0.15) is 12.4 Å². The van der Waals surface area contributed by atoms with Crippen LogP contribution in [0.25, 0.3) is 6.08 Å². The highest BCUT2D eigenvalue weighted by Gasteiger charge is 2.13. The Morgan fingerprint density at radius 1 is 1.12 bits per heavy atom. The van der Waals surface area contributed by atoms with Crippen molar-refractivity contribution in [1.29, 1.82) is 0 Å². The average Bonchev–Trinajstić information content (AvgIpc) is 2.67. The number of halogens is 1. The first-order valence-corrected chi connectivity index (χ1v) is 8.51. The number of carbonyl (C=O) groups excluding carboxylic acids is 1. The van der Waals surface area contributed by atoms with Crippen molar-refractivity contribution in [3.63, 3.8) is 0 Å². The van der Waals surface area contributed by atoms with Crippen LogP contribution >= 0.6 is 0 Å². The van der Waals surface area contributed by atoms with Gasteiger partial charge in [0.05, 0.1) is 0 Å². The summed E-state index contributed by atoms with van der Waals surface area (Å²) < 4.78 is 18.4. The van der Waals surface area contributed by atoms with Gasteiger partial charge in [-0.2, -0.15) is 0 Å². The summed E-state index contributed by atoms with van der Waals surface area (Å²) in [5.41, 5.74) is 1.72. The lowest BCUT2D eigenvalue weighted by atomic mass is 10.1. The Bertz CT molecular complexity index is 720. The van der Waals surface area contributed by atoms with Gasteiger partial charge >= 0.3 is 0 Å². The van der Waals surface area contributed by atoms with Crippen molar-refractivity contribution < 1.29 is 13.9 Å². The van der Waals surface area contributed by atoms with Crippen LogP contribution < -0.4 is 4.74 Å². The maximum atomic E-state index is 12.9. The molecule has 25 heavy (non-hydrogen) atoms. The Morgan fingerprint density at radius 3 is 2.56 bits per heavy atom. The number of ether oxygens (including phenoxy) is 1. The summed E-state index contributed by atoms with van der Waals surface area (Å²) in [6, 6.07) is 9.78. The van der Waals surface area contributed by atoms with E-state index >= 15 is 0 Å². The van der Waals surface area contributed by atoms with Crippen molar-refractivity contribution in [2.24, 2.45) is 0 Å². The molecule has 0 radical (unpaired) electrons. The second kappa shape index (κ2) is 8.42. The Hall–Kier alpha value is -2.69. The molecule has 1 aromatic carbocycles. The highest BCUT2D eigenvalue weighted by Crippen LogP contribution is 2.13. The molecular formula is C20H21FN2O2. The summed E-state index contributed by atoms with van der Waals surface area (Å²) in [6.07, 6.45) is 8.41. The number of likely N-dealkylation sites (tertiary alicyclic amines) is 1. The number of hydrogen-bond acceptors (Lipinski definition) is 3. The van der Waals surface area contributed by atoms with Gasteiger partial charge in [-0.15, -0.1) is 0 Å². The summed E-state index contributed by atoms with van der Waals surface area (Å²) >= 11 is 0. The van der Waals surface area contributed by atoms with E-state index in [9.17, 15) is 9.18 Å². The van der Waals surface area contributed by atoms with E-state index in [1.807, 2.05) is 11.0 Å². The Labute approximate surface area is 146 Å². The number of rotatable bonds is 5. The molecule has 0 unspecified atom stereocenters. The molecule has 0 N–H and O–H groups in total. The molecule has 1 aliphatic rings. The number of carbonyl (C=O) groups is 1. The van der Waals surface area contributed by atoms with E-state index in [2.05, 4.69) is 4.98 Å². The van der Waals surface area contributed by atoms with E-state index in [-0.39, 0.29) is 11.7 Å². The van der Waals surface area contributed by atoms with Crippen molar-refractivity contribution in [2.75, 3.05) is 13.1 Å². The van der Waals surface area contributed by atoms with Gasteiger partial charge in [0, 0.05) is 31.4 Å². The third-order valence-corrected chi connectivity index (χ3v) is 4.15. The number of amides is 1. The predicted molar refractivity (Wildman–Crippen MR) is 94.4 cm³/mol. The van der Waals surface area contributed by atoms with E-state index in [1.165, 1.54) is 18.6 Å². The normalized spacial score (nSPS) is 14.7. The highest BCUT2D eigenvalue weighted by molar-refractivity contribution is 5.91. The van der Waals surface area contributed by atoms with Gasteiger partial charge in [-0.3, -0.25) is 4.79 Å². The lowest BCUT2D eigenvalue weighted by molar-refractivity contribution is -0.126. The van der Waals surface area contributed by atoms with Crippen molar-refractivity contribution in [1.82, 2.24) is 9.88 Å². The van der Waals surface area contributed by atoms with Crippen LogP contribution in [0.15, 0.2) is 48.7 Å². The second-order valence-corrected chi connectivity index (χ2v) is 6.06. The number of nitrogens with zero attached hydrogens (tertiary/aromatic N) is 2. The van der Waals surface area contributed by atoms with Crippen molar-refractivity contribution in [3.8, 4) is 5.88 Å². The molecule has 1 aliphatic heterocycles. The molecule has 0 saturated carbocycles. The van der Waals surface area contributed by atoms with Gasteiger partial charge in [-0.05, 0) is 54.7 Å². The first-order valence-electron chi connectivity index (χ1n) is 8.51. The first-order chi connectivity index (χ1) is 12.2. The fraction of sp³-hybridized carbons (Fsp3) is 0.300. The van der Waals surface area contributed by atoms with Crippen LogP contribution in [-0.2, 0) is 11.4 Å². The molecule has 2 aromatic rings. The molecule has 3 rings (SSSR count). The molecule has 4 nitrogen and oxygen atoms in total. The van der Waals surface area contributed by atoms with E-state index in [0.717, 1.165) is 37.1 Å². The zero-order valence-corrected chi connectivity index (χ0v) is 14.0. The van der Waals surface area contributed by atoms with Gasteiger partial charge in [-0.1, -0.05) is 12.1 Å². The fourth-order valence-electron chi connectivity index (χ4n) is 2.70. The van der Waals surface area contributed by atoms with E-state index in [1.54, 1.807) is 36.5 Å². The lowest BCUT2D eigenvalue weighted by Crippen LogP contribution is -2.34. The van der Waals surface area contributed by atoms with Gasteiger partial charge in [-0.25, -0.2) is 9.37 Å². The van der Waals surface area contributed by atoms with E-state index in [0.29, 0.717) is 12.5 Å². The summed E-state index contributed by atoms with van der Waals surface area (Å²) in [7, 11) is 0. The molecule has 0 bridgehead atoms. The van der Waals surface area contributed by atoms with Crippen LogP contribution in [0.4, 0.5) is 4.39 Å². The van der Waals surface area contributed by atoms with Crippen LogP contribution in [0.1, 0.15) is 30.4 Å². The third kappa shape index (κ3) is 5.14. The Kier molecular flexibility index (Phi) is 5.77. The topological polar surface area (TPSA) is 42.4 Å². The monoisotopic (exact) mass is 340 g/mol. The van der Waals surface area contributed by atoms with Crippen LogP contribution in [0.2, 0.25) is 0 Å². The molecule has 1 saturated heterocycles. The number of benzene rings is 1. The van der Waals surface area contributed by atoms with Gasteiger partial charge in [0.2, 0.25) is 11.8 Å². The molecular weight excluding hydrogens is 319 g/mol. The predicted octanol–water partition coefficient (Wildman–Crippen LogP) is 3.83. The maximum absolute atomic E-state index is 12.9. The maximum Gasteiger partial charge on any atom is 0.246 e. The molecule has 5 heteroatoms. The Balaban J connectivity index is 1.52. The lowest BCUT2D eigenvalue weighted by Gasteiger charge is -2.25. The number of piperidine rings is 1. The largest absolute Gasteiger partial charge is 0.473 e. The molecule has 1 fully saturated rings. The zero-order valence-electron chi connectivity index (χ0n) is 14.0. The summed E-state index contributed by atoms with van der Waals surface area (Å²) in [5, 5.41) is 0. The fourth-order valence-corrected chi connectivity index (χ4v) is 2.70. The van der Waals surface area contributed by atoms with E-state index in [4.69, 9.17) is 4.74 Å². The van der Waals surface area contributed by atoms with Crippen molar-refractivity contribution >= 4 is 12.0 Å². The number of aromatic nitrogens is 1. The van der Waals surface area contributed by atoms with E-state index < -0.39 is 0 Å². The summed E-state index contributed by atoms with van der Waals surface area (Å²) in [5.74, 6) is 0.275. The van der Waals surface area contributed by atoms with Crippen molar-refractivity contribution in [3.05, 3.63) is 65.6 Å². The summed E-state index contributed by atoms with van der Waals surface area (Å²) in [4.78, 5) is 18.2. The van der Waals surface area contributed by atoms with Gasteiger partial charge in [0.25, 0.3) is 0 Å². The van der Waals surface area contributed by atoms with Crippen LogP contribution in [0.5, 0.6) is 5.88 Å². The third-order valence-electron chi connectivity index (χ3n) is 4.15. The smallest absolute Gasteiger partial charge is 0.246 e. The minimum Gasteiger partial charge on any atom is -0.473 e. The molecule has 0 aliphatic carbocycles. The molecule has 130 valence electrons. The minimum atomic E-state index is -0.267. The molecule has 0 atom stereocenters.